The van der Waals surface area contributed by atoms with Gasteiger partial charge < -0.3 is 15.0 Å². The number of anilines is 1. The standard InChI is InChI=1S/C26H33N7O4S2/c1-3-37-24-16-27-14-22(30-24)23-15-29-26(38-23)25(34)31-21(13-18-6-4-5-11-33(18)2)20-12-17(9-10-28-20)32-39(35,36)19-7-8-19/h9-10,12,14-16,18-19,21H,3-8,11,13H2,1-2H3,(H,28,32)(H,31,34)/t18-,21-/m1/s1. The summed E-state index contributed by atoms with van der Waals surface area (Å²) in [5.41, 5.74) is 1.63. The molecule has 4 heterocycles. The van der Waals surface area contributed by atoms with Crippen LogP contribution in [0.25, 0.3) is 10.6 Å². The zero-order valence-electron chi connectivity index (χ0n) is 22.0. The summed E-state index contributed by atoms with van der Waals surface area (Å²) >= 11 is 1.22. The Balaban J connectivity index is 1.36. The van der Waals surface area contributed by atoms with Crippen LogP contribution in [0.4, 0.5) is 5.69 Å². The van der Waals surface area contributed by atoms with E-state index in [0.29, 0.717) is 58.7 Å². The SMILES string of the molecule is CCOc1cncc(-c2cnc(C(=O)N[C@H](C[C@H]3CCCCN3C)c3cc(NS(=O)(=O)C4CC4)ccn3)s2)n1. The molecule has 2 N–H and O–H groups in total. The number of sulfonamides is 1. The number of pyridine rings is 1. The molecule has 3 aromatic rings. The number of amides is 1. The van der Waals surface area contributed by atoms with Gasteiger partial charge in [-0.2, -0.15) is 0 Å². The van der Waals surface area contributed by atoms with Crippen LogP contribution < -0.4 is 14.8 Å². The molecule has 2 aliphatic rings. The minimum atomic E-state index is -3.42. The molecule has 3 aromatic heterocycles. The van der Waals surface area contributed by atoms with Crippen molar-refractivity contribution < 1.29 is 17.9 Å². The molecule has 1 aliphatic heterocycles. The maximum atomic E-state index is 13.4. The molecule has 2 fully saturated rings. The van der Waals surface area contributed by atoms with Crippen LogP contribution in [-0.2, 0) is 10.0 Å². The number of carbonyl (C=O) groups excluding carboxylic acids is 1. The van der Waals surface area contributed by atoms with Gasteiger partial charge in [0.05, 0.1) is 46.6 Å². The van der Waals surface area contributed by atoms with E-state index in [9.17, 15) is 13.2 Å². The molecule has 1 saturated heterocycles. The molecular weight excluding hydrogens is 538 g/mol. The van der Waals surface area contributed by atoms with E-state index < -0.39 is 16.1 Å². The lowest BCUT2D eigenvalue weighted by molar-refractivity contribution is 0.0915. The van der Waals surface area contributed by atoms with Crippen molar-refractivity contribution in [2.75, 3.05) is 24.9 Å². The molecule has 0 bridgehead atoms. The van der Waals surface area contributed by atoms with Gasteiger partial charge in [0.15, 0.2) is 5.01 Å². The summed E-state index contributed by atoms with van der Waals surface area (Å²) in [4.78, 5) is 33.9. The molecule has 208 valence electrons. The summed E-state index contributed by atoms with van der Waals surface area (Å²) in [6, 6.07) is 3.19. The molecule has 1 amide bonds. The van der Waals surface area contributed by atoms with Gasteiger partial charge in [0.2, 0.25) is 15.9 Å². The number of likely N-dealkylation sites (tertiary alicyclic amines) is 1. The van der Waals surface area contributed by atoms with Crippen LogP contribution in [0.15, 0.2) is 36.9 Å². The average molecular weight is 572 g/mol. The zero-order valence-corrected chi connectivity index (χ0v) is 23.7. The van der Waals surface area contributed by atoms with Crippen molar-refractivity contribution in [3.63, 3.8) is 0 Å². The maximum absolute atomic E-state index is 13.4. The normalized spacial score (nSPS) is 18.9. The van der Waals surface area contributed by atoms with Crippen molar-refractivity contribution in [3.05, 3.63) is 47.6 Å². The molecule has 0 aromatic carbocycles. The van der Waals surface area contributed by atoms with Gasteiger partial charge in [-0.25, -0.2) is 18.4 Å². The topological polar surface area (TPSA) is 139 Å². The minimum Gasteiger partial charge on any atom is -0.477 e. The lowest BCUT2D eigenvalue weighted by atomic mass is 9.94. The zero-order chi connectivity index (χ0) is 27.4. The van der Waals surface area contributed by atoms with E-state index in [1.807, 2.05) is 6.92 Å². The molecule has 2 atom stereocenters. The van der Waals surface area contributed by atoms with Gasteiger partial charge in [-0.05, 0) is 64.8 Å². The molecule has 13 heteroatoms. The fourth-order valence-electron chi connectivity index (χ4n) is 4.70. The predicted molar refractivity (Wildman–Crippen MR) is 149 cm³/mol. The Morgan fingerprint density at radius 1 is 1.21 bits per heavy atom. The van der Waals surface area contributed by atoms with E-state index in [4.69, 9.17) is 4.74 Å². The van der Waals surface area contributed by atoms with E-state index in [2.05, 4.69) is 41.9 Å². The highest BCUT2D eigenvalue weighted by atomic mass is 32.2. The smallest absolute Gasteiger partial charge is 0.280 e. The summed E-state index contributed by atoms with van der Waals surface area (Å²) in [7, 11) is -1.32. The number of aromatic nitrogens is 4. The first kappa shape index (κ1) is 27.4. The van der Waals surface area contributed by atoms with Gasteiger partial charge in [0, 0.05) is 18.4 Å². The van der Waals surface area contributed by atoms with Gasteiger partial charge in [-0.1, -0.05) is 6.42 Å². The van der Waals surface area contributed by atoms with Crippen LogP contribution in [0.5, 0.6) is 5.88 Å². The van der Waals surface area contributed by atoms with Crippen molar-refractivity contribution in [1.82, 2.24) is 30.2 Å². The second-order valence-corrected chi connectivity index (χ2v) is 12.9. The Labute approximate surface area is 232 Å². The molecule has 1 aliphatic carbocycles. The average Bonchev–Trinajstić information content (AvgIpc) is 3.68. The summed E-state index contributed by atoms with van der Waals surface area (Å²) in [6.07, 6.45) is 11.6. The number of piperidine rings is 1. The van der Waals surface area contributed by atoms with Crippen LogP contribution in [-0.4, -0.2) is 70.7 Å². The second-order valence-electron chi connectivity index (χ2n) is 9.91. The highest BCUT2D eigenvalue weighted by molar-refractivity contribution is 7.93. The molecule has 39 heavy (non-hydrogen) atoms. The van der Waals surface area contributed by atoms with E-state index in [0.717, 1.165) is 25.8 Å². The first-order valence-electron chi connectivity index (χ1n) is 13.2. The Kier molecular flexibility index (Phi) is 8.38. The van der Waals surface area contributed by atoms with Gasteiger partial charge in [0.25, 0.3) is 5.91 Å². The lowest BCUT2D eigenvalue weighted by Gasteiger charge is -2.35. The molecular formula is C26H33N7O4S2. The van der Waals surface area contributed by atoms with Crippen molar-refractivity contribution in [2.45, 2.75) is 62.8 Å². The number of hydrogen-bond donors (Lipinski definition) is 2. The summed E-state index contributed by atoms with van der Waals surface area (Å²) < 4.78 is 33.1. The molecule has 0 unspecified atom stereocenters. The number of nitrogens with one attached hydrogen (secondary N) is 2. The molecule has 5 rings (SSSR count). The highest BCUT2D eigenvalue weighted by Crippen LogP contribution is 2.32. The van der Waals surface area contributed by atoms with Crippen molar-refractivity contribution in [2.24, 2.45) is 0 Å². The number of thiazole rings is 1. The molecule has 0 spiro atoms. The number of nitrogens with zero attached hydrogens (tertiary/aromatic N) is 5. The summed E-state index contributed by atoms with van der Waals surface area (Å²) in [5, 5.41) is 3.08. The van der Waals surface area contributed by atoms with E-state index in [1.54, 1.807) is 36.9 Å². The van der Waals surface area contributed by atoms with Crippen LogP contribution in [0.1, 0.15) is 67.0 Å². The van der Waals surface area contributed by atoms with Gasteiger partial charge in [-0.3, -0.25) is 19.5 Å². The third-order valence-corrected chi connectivity index (χ3v) is 9.84. The van der Waals surface area contributed by atoms with Crippen LogP contribution in [0, 0.1) is 0 Å². The van der Waals surface area contributed by atoms with Gasteiger partial charge >= 0.3 is 0 Å². The van der Waals surface area contributed by atoms with Crippen LogP contribution in [0.2, 0.25) is 0 Å². The van der Waals surface area contributed by atoms with Crippen LogP contribution >= 0.6 is 11.3 Å². The quantitative estimate of drug-likeness (QED) is 0.353. The van der Waals surface area contributed by atoms with E-state index in [-0.39, 0.29) is 17.2 Å². The number of carbonyl (C=O) groups is 1. The fraction of sp³-hybridized carbons (Fsp3) is 0.500. The molecule has 1 saturated carbocycles. The minimum absolute atomic E-state index is 0.265. The first-order valence-corrected chi connectivity index (χ1v) is 15.6. The number of ether oxygens (including phenoxy) is 1. The molecule has 0 radical (unpaired) electrons. The van der Waals surface area contributed by atoms with E-state index >= 15 is 0 Å². The highest BCUT2D eigenvalue weighted by Gasteiger charge is 2.36. The van der Waals surface area contributed by atoms with E-state index in [1.165, 1.54) is 11.3 Å². The molecule has 11 nitrogen and oxygen atoms in total. The Morgan fingerprint density at radius 2 is 2.05 bits per heavy atom. The van der Waals surface area contributed by atoms with Crippen molar-refractivity contribution in [3.8, 4) is 16.5 Å². The number of rotatable bonds is 11. The van der Waals surface area contributed by atoms with Crippen molar-refractivity contribution >= 4 is 33.0 Å². The lowest BCUT2D eigenvalue weighted by Crippen LogP contribution is -2.40. The summed E-state index contributed by atoms with van der Waals surface area (Å²) in [5.74, 6) is 0.0868. The maximum Gasteiger partial charge on any atom is 0.280 e. The third kappa shape index (κ3) is 6.89. The Bertz CT molecular complexity index is 1410. The van der Waals surface area contributed by atoms with Crippen molar-refractivity contribution in [1.29, 1.82) is 0 Å². The number of hydrogen-bond acceptors (Lipinski definition) is 10. The van der Waals surface area contributed by atoms with Gasteiger partial charge in [0.1, 0.15) is 5.69 Å². The third-order valence-electron chi connectivity index (χ3n) is 6.95. The fourth-order valence-corrected chi connectivity index (χ4v) is 6.85. The van der Waals surface area contributed by atoms with Crippen LogP contribution in [0.3, 0.4) is 0 Å². The monoisotopic (exact) mass is 571 g/mol. The van der Waals surface area contributed by atoms with Gasteiger partial charge in [-0.15, -0.1) is 11.3 Å². The largest absolute Gasteiger partial charge is 0.477 e. The Hall–Kier alpha value is -3.16. The first-order chi connectivity index (χ1) is 18.8. The summed E-state index contributed by atoms with van der Waals surface area (Å²) in [6.45, 7) is 3.35. The Morgan fingerprint density at radius 3 is 2.82 bits per heavy atom. The second kappa shape index (κ2) is 11.9. The predicted octanol–water partition coefficient (Wildman–Crippen LogP) is 3.64.